The first kappa shape index (κ1) is 32.5. The zero-order chi connectivity index (χ0) is 34.6. The Balaban J connectivity index is 1.40. The maximum atomic E-state index is 15.1. The second-order valence-corrected chi connectivity index (χ2v) is 13.4. The number of nitrogens with zero attached hydrogens (tertiary/aromatic N) is 2. The number of halogens is 7. The van der Waals surface area contributed by atoms with Crippen LogP contribution in [0.5, 0.6) is 0 Å². The van der Waals surface area contributed by atoms with E-state index in [1.54, 1.807) is 30.3 Å². The first-order chi connectivity index (χ1) is 22.7. The molecule has 0 bridgehead atoms. The first-order valence-corrected chi connectivity index (χ1v) is 15.6. The summed E-state index contributed by atoms with van der Waals surface area (Å²) >= 11 is 14.1. The third-order valence-corrected chi connectivity index (χ3v) is 11.4. The summed E-state index contributed by atoms with van der Waals surface area (Å²) < 4.78 is 78.6. The molecule has 1 aromatic heterocycles. The molecule has 4 amide bonds. The highest BCUT2D eigenvalue weighted by atomic mass is 35.5. The van der Waals surface area contributed by atoms with Crippen LogP contribution in [0.1, 0.15) is 42.8 Å². The van der Waals surface area contributed by atoms with Crippen molar-refractivity contribution in [3.05, 3.63) is 94.2 Å². The van der Waals surface area contributed by atoms with E-state index in [4.69, 9.17) is 27.6 Å². The van der Waals surface area contributed by atoms with Crippen molar-refractivity contribution in [2.75, 3.05) is 9.80 Å². The summed E-state index contributed by atoms with van der Waals surface area (Å²) in [5.41, 5.74) is -0.360. The van der Waals surface area contributed by atoms with Gasteiger partial charge in [-0.25, -0.2) is 26.9 Å². The number of aliphatic hydroxyl groups is 1. The van der Waals surface area contributed by atoms with Gasteiger partial charge in [0, 0.05) is 0 Å². The molecule has 3 heterocycles. The number of imide groups is 2. The van der Waals surface area contributed by atoms with Crippen molar-refractivity contribution in [1.29, 1.82) is 0 Å². The number of anilines is 2. The molecule has 3 aromatic rings. The number of hydrogen-bond donors (Lipinski definition) is 1. The average molecular weight is 709 g/mol. The number of carbonyl (C=O) groups is 4. The van der Waals surface area contributed by atoms with Crippen molar-refractivity contribution in [2.45, 2.75) is 48.5 Å². The van der Waals surface area contributed by atoms with Gasteiger partial charge < -0.3 is 9.52 Å². The Labute approximate surface area is 278 Å². The van der Waals surface area contributed by atoms with Crippen LogP contribution in [-0.4, -0.2) is 38.5 Å². The summed E-state index contributed by atoms with van der Waals surface area (Å²) in [5, 5.41) is 9.69. The van der Waals surface area contributed by atoms with Gasteiger partial charge in [0.2, 0.25) is 17.6 Å². The summed E-state index contributed by atoms with van der Waals surface area (Å²) in [7, 11) is 0. The number of carbonyl (C=O) groups excluding carboxylic acids is 4. The van der Waals surface area contributed by atoms with E-state index in [2.05, 4.69) is 0 Å². The lowest BCUT2D eigenvalue weighted by Crippen LogP contribution is -2.60. The Kier molecular flexibility index (Phi) is 7.43. The summed E-state index contributed by atoms with van der Waals surface area (Å²) in [6.07, 6.45) is 1.63. The molecule has 2 saturated heterocycles. The van der Waals surface area contributed by atoms with E-state index < -0.39 is 105 Å². The standard InChI is InChI=1S/C33H23Cl2F5N2O6/c1-2-13-3-5-14(6-4-13)41-28(44)17-9-8-16-18(20(17)29(41)45)11-32(34)30(46)42(27-25(39)23(37)22(36)24(38)26(27)40)31(47)33(32,35)21(16)19-10-7-15(12-43)48-19/h3-8,10,17-18,20-21,43H,2,9,11-12H2,1H3. The third-order valence-electron chi connectivity index (χ3n) is 9.95. The SMILES string of the molecule is CCc1ccc(N2C(=O)C3CC=C4C(CC5(Cl)C(=O)N(c6c(F)c(F)c(F)c(F)c6F)C(=O)C5(Cl)C4c4ccc(CO)o4)C3C2=O)cc1. The van der Waals surface area contributed by atoms with Crippen molar-refractivity contribution in [3.8, 4) is 0 Å². The van der Waals surface area contributed by atoms with Crippen LogP contribution >= 0.6 is 23.2 Å². The quantitative estimate of drug-likeness (QED) is 0.0897. The number of amides is 4. The van der Waals surface area contributed by atoms with Gasteiger partial charge in [-0.05, 0) is 55.0 Å². The third kappa shape index (κ3) is 4.04. The van der Waals surface area contributed by atoms with Crippen LogP contribution in [-0.2, 0) is 32.2 Å². The van der Waals surface area contributed by atoms with Crippen molar-refractivity contribution < 1.29 is 50.7 Å². The largest absolute Gasteiger partial charge is 0.463 e. The molecule has 4 aliphatic rings. The predicted octanol–water partition coefficient (Wildman–Crippen LogP) is 5.80. The van der Waals surface area contributed by atoms with Gasteiger partial charge in [-0.1, -0.05) is 30.7 Å². The Bertz CT molecular complexity index is 1960. The van der Waals surface area contributed by atoms with Crippen LogP contribution in [0.15, 0.2) is 52.5 Å². The molecular weight excluding hydrogens is 686 g/mol. The lowest BCUT2D eigenvalue weighted by Gasteiger charge is -2.49. The minimum absolute atomic E-state index is 0.0101. The number of aryl methyl sites for hydroxylation is 1. The minimum Gasteiger partial charge on any atom is -0.463 e. The van der Waals surface area contributed by atoms with Gasteiger partial charge in [0.1, 0.15) is 23.8 Å². The highest BCUT2D eigenvalue weighted by Gasteiger charge is 2.77. The van der Waals surface area contributed by atoms with Crippen LogP contribution < -0.4 is 9.80 Å². The summed E-state index contributed by atoms with van der Waals surface area (Å²) in [6, 6.07) is 9.42. The molecule has 3 fully saturated rings. The summed E-state index contributed by atoms with van der Waals surface area (Å²) in [5.74, 6) is -21.5. The van der Waals surface area contributed by atoms with E-state index in [0.29, 0.717) is 12.1 Å². The summed E-state index contributed by atoms with van der Waals surface area (Å²) in [4.78, 5) is 51.6. The fourth-order valence-corrected chi connectivity index (χ4v) is 8.57. The molecule has 6 atom stereocenters. The number of fused-ring (bicyclic) bond motifs is 4. The molecule has 0 radical (unpaired) electrons. The number of benzene rings is 2. The second kappa shape index (κ2) is 11.0. The molecule has 2 aliphatic heterocycles. The molecule has 0 spiro atoms. The molecule has 1 N–H and O–H groups in total. The Hall–Kier alpha value is -4.07. The molecule has 6 unspecified atom stereocenters. The lowest BCUT2D eigenvalue weighted by molar-refractivity contribution is -0.125. The van der Waals surface area contributed by atoms with E-state index in [9.17, 15) is 37.5 Å². The lowest BCUT2D eigenvalue weighted by atomic mass is 9.57. The maximum Gasteiger partial charge on any atom is 0.258 e. The van der Waals surface area contributed by atoms with Gasteiger partial charge in [0.15, 0.2) is 33.0 Å². The van der Waals surface area contributed by atoms with Gasteiger partial charge in [0.05, 0.1) is 23.4 Å². The molecule has 48 heavy (non-hydrogen) atoms. The molecule has 15 heteroatoms. The zero-order valence-electron chi connectivity index (χ0n) is 24.7. The van der Waals surface area contributed by atoms with E-state index in [1.807, 2.05) is 6.92 Å². The zero-order valence-corrected chi connectivity index (χ0v) is 26.2. The van der Waals surface area contributed by atoms with E-state index in [1.165, 1.54) is 12.1 Å². The average Bonchev–Trinajstić information content (AvgIpc) is 3.70. The Morgan fingerprint density at radius 2 is 1.46 bits per heavy atom. The summed E-state index contributed by atoms with van der Waals surface area (Å²) in [6.45, 7) is 1.33. The number of alkyl halides is 2. The van der Waals surface area contributed by atoms with Gasteiger partial charge in [0.25, 0.3) is 11.8 Å². The van der Waals surface area contributed by atoms with Crippen LogP contribution in [0.2, 0.25) is 0 Å². The number of hydrogen-bond acceptors (Lipinski definition) is 6. The molecule has 2 aromatic carbocycles. The van der Waals surface area contributed by atoms with E-state index >= 15 is 8.78 Å². The van der Waals surface area contributed by atoms with Gasteiger partial charge in [-0.15, -0.1) is 23.2 Å². The number of allylic oxidation sites excluding steroid dienone is 2. The highest BCUT2D eigenvalue weighted by molar-refractivity contribution is 6.58. The monoisotopic (exact) mass is 708 g/mol. The second-order valence-electron chi connectivity index (χ2n) is 12.2. The highest BCUT2D eigenvalue weighted by Crippen LogP contribution is 2.66. The Morgan fingerprint density at radius 1 is 0.833 bits per heavy atom. The van der Waals surface area contributed by atoms with Crippen LogP contribution in [0, 0.1) is 46.8 Å². The number of rotatable bonds is 5. The van der Waals surface area contributed by atoms with Crippen molar-refractivity contribution in [2.24, 2.45) is 17.8 Å². The van der Waals surface area contributed by atoms with E-state index in [-0.39, 0.29) is 28.4 Å². The Morgan fingerprint density at radius 3 is 2.04 bits per heavy atom. The van der Waals surface area contributed by atoms with Crippen molar-refractivity contribution in [1.82, 2.24) is 0 Å². The fraction of sp³-hybridized carbons (Fsp3) is 0.333. The molecular formula is C33H23Cl2F5N2O6. The molecule has 1 saturated carbocycles. The number of aliphatic hydroxyl groups excluding tert-OH is 1. The van der Waals surface area contributed by atoms with Crippen LogP contribution in [0.25, 0.3) is 0 Å². The van der Waals surface area contributed by atoms with E-state index in [0.717, 1.165) is 10.5 Å². The first-order valence-electron chi connectivity index (χ1n) is 14.9. The predicted molar refractivity (Wildman–Crippen MR) is 159 cm³/mol. The van der Waals surface area contributed by atoms with Gasteiger partial charge in [-0.2, -0.15) is 0 Å². The smallest absolute Gasteiger partial charge is 0.258 e. The molecule has 250 valence electrons. The fourth-order valence-electron chi connectivity index (χ4n) is 7.65. The van der Waals surface area contributed by atoms with Gasteiger partial charge in [-0.3, -0.25) is 24.1 Å². The minimum atomic E-state index is -2.70. The van der Waals surface area contributed by atoms with Crippen LogP contribution in [0.3, 0.4) is 0 Å². The molecule has 8 nitrogen and oxygen atoms in total. The van der Waals surface area contributed by atoms with Crippen LogP contribution in [0.4, 0.5) is 33.3 Å². The topological polar surface area (TPSA) is 108 Å². The van der Waals surface area contributed by atoms with Crippen molar-refractivity contribution in [3.63, 3.8) is 0 Å². The molecule has 7 rings (SSSR count). The number of furan rings is 1. The van der Waals surface area contributed by atoms with Gasteiger partial charge >= 0.3 is 0 Å². The van der Waals surface area contributed by atoms with Crippen molar-refractivity contribution >= 4 is 58.2 Å². The maximum absolute atomic E-state index is 15.1. The molecule has 2 aliphatic carbocycles. The normalized spacial score (nSPS) is 29.7.